The summed E-state index contributed by atoms with van der Waals surface area (Å²) in [5.74, 6) is -0.320. The van der Waals surface area contributed by atoms with Crippen molar-refractivity contribution in [3.63, 3.8) is 0 Å². The third-order valence-corrected chi connectivity index (χ3v) is 5.26. The van der Waals surface area contributed by atoms with Gasteiger partial charge in [0.15, 0.2) is 0 Å². The van der Waals surface area contributed by atoms with E-state index in [-0.39, 0.29) is 5.97 Å². The van der Waals surface area contributed by atoms with Gasteiger partial charge in [-0.25, -0.2) is 14.8 Å². The zero-order chi connectivity index (χ0) is 25.4. The van der Waals surface area contributed by atoms with Crippen molar-refractivity contribution in [2.75, 3.05) is 6.61 Å². The highest BCUT2D eigenvalue weighted by molar-refractivity contribution is 5.87. The molecular formula is C28H30N4O3. The smallest absolute Gasteiger partial charge is 0.330 e. The van der Waals surface area contributed by atoms with Crippen molar-refractivity contribution in [1.82, 2.24) is 19.1 Å². The molecule has 2 aromatic carbocycles. The van der Waals surface area contributed by atoms with Gasteiger partial charge in [0.25, 0.3) is 0 Å². The van der Waals surface area contributed by atoms with Crippen molar-refractivity contribution in [2.24, 2.45) is 0 Å². The Kier molecular flexibility index (Phi) is 8.51. The molecule has 4 aromatic rings. The van der Waals surface area contributed by atoms with Gasteiger partial charge >= 0.3 is 5.97 Å². The van der Waals surface area contributed by atoms with Crippen molar-refractivity contribution in [2.45, 2.75) is 34.6 Å². The van der Waals surface area contributed by atoms with Crippen LogP contribution in [0.3, 0.4) is 0 Å². The Labute approximate surface area is 205 Å². The molecule has 0 N–H and O–H groups in total. The first-order valence-corrected chi connectivity index (χ1v) is 11.3. The van der Waals surface area contributed by atoms with Gasteiger partial charge in [0.1, 0.15) is 6.29 Å². The van der Waals surface area contributed by atoms with Crippen LogP contribution >= 0.6 is 0 Å². The fourth-order valence-corrected chi connectivity index (χ4v) is 3.57. The van der Waals surface area contributed by atoms with Crippen molar-refractivity contribution in [3.8, 4) is 11.4 Å². The number of imidazole rings is 2. The average Bonchev–Trinajstić information content (AvgIpc) is 3.46. The average molecular weight is 471 g/mol. The molecule has 2 heterocycles. The summed E-state index contributed by atoms with van der Waals surface area (Å²) in [5.41, 5.74) is 7.96. The lowest BCUT2D eigenvalue weighted by Gasteiger charge is -2.07. The molecule has 0 amide bonds. The Morgan fingerprint density at radius 1 is 0.857 bits per heavy atom. The molecule has 0 atom stereocenters. The van der Waals surface area contributed by atoms with Crippen LogP contribution in [0, 0.1) is 27.7 Å². The minimum absolute atomic E-state index is 0.320. The van der Waals surface area contributed by atoms with E-state index >= 15 is 0 Å². The van der Waals surface area contributed by atoms with E-state index in [0.29, 0.717) is 12.2 Å². The van der Waals surface area contributed by atoms with Gasteiger partial charge in [-0.3, -0.25) is 4.79 Å². The summed E-state index contributed by atoms with van der Waals surface area (Å²) >= 11 is 0. The van der Waals surface area contributed by atoms with E-state index in [1.54, 1.807) is 25.7 Å². The maximum Gasteiger partial charge on any atom is 0.330 e. The Bertz CT molecular complexity index is 1350. The van der Waals surface area contributed by atoms with E-state index in [9.17, 15) is 9.59 Å². The van der Waals surface area contributed by atoms with Gasteiger partial charge in [-0.1, -0.05) is 6.07 Å². The highest BCUT2D eigenvalue weighted by Crippen LogP contribution is 2.17. The quantitative estimate of drug-likeness (QED) is 0.215. The summed E-state index contributed by atoms with van der Waals surface area (Å²) in [6.45, 7) is 10.1. The number of benzene rings is 2. The molecule has 0 saturated carbocycles. The summed E-state index contributed by atoms with van der Waals surface area (Å²) in [6.07, 6.45) is 11.6. The number of hydrogen-bond donors (Lipinski definition) is 0. The number of carbonyl (C=O) groups is 2. The van der Waals surface area contributed by atoms with Crippen LogP contribution in [0.15, 0.2) is 67.5 Å². The van der Waals surface area contributed by atoms with Gasteiger partial charge in [-0.15, -0.1) is 0 Å². The Morgan fingerprint density at radius 2 is 1.37 bits per heavy atom. The molecule has 0 radical (unpaired) electrons. The molecule has 0 saturated heterocycles. The normalized spacial score (nSPS) is 10.7. The van der Waals surface area contributed by atoms with Crippen LogP contribution in [0.1, 0.15) is 45.4 Å². The fraction of sp³-hybridized carbons (Fsp3) is 0.214. The Hall–Kier alpha value is -4.26. The van der Waals surface area contributed by atoms with Crippen molar-refractivity contribution in [3.05, 3.63) is 101 Å². The largest absolute Gasteiger partial charge is 0.463 e. The molecule has 7 nitrogen and oxygen atoms in total. The van der Waals surface area contributed by atoms with E-state index < -0.39 is 0 Å². The zero-order valence-electron chi connectivity index (χ0n) is 20.7. The van der Waals surface area contributed by atoms with E-state index in [0.717, 1.165) is 45.7 Å². The first kappa shape index (κ1) is 25.4. The maximum atomic E-state index is 11.3. The standard InChI is InChI=1S/C16H18N2O2.C12H12N2O/c1-4-20-16(19)8-6-14-5-7-15(12(2)9-14)18-10-13(3)17-11-18;1-9-5-11(7-15)3-4-12(9)14-6-10(2)13-8-14/h5-11H,4H2,1-3H3;3-8H,1-2H3/b8-6+;. The molecule has 7 heteroatoms. The topological polar surface area (TPSA) is 79.0 Å². The van der Waals surface area contributed by atoms with E-state index in [4.69, 9.17) is 4.74 Å². The summed E-state index contributed by atoms with van der Waals surface area (Å²) in [6, 6.07) is 11.6. The molecule has 35 heavy (non-hydrogen) atoms. The maximum absolute atomic E-state index is 11.3. The predicted molar refractivity (Wildman–Crippen MR) is 137 cm³/mol. The summed E-state index contributed by atoms with van der Waals surface area (Å²) in [5, 5.41) is 0. The molecule has 0 aliphatic carbocycles. The number of aldehydes is 1. The van der Waals surface area contributed by atoms with Gasteiger partial charge in [-0.05, 0) is 87.7 Å². The monoisotopic (exact) mass is 470 g/mol. The van der Waals surface area contributed by atoms with E-state index in [1.807, 2.05) is 85.6 Å². The second-order valence-electron chi connectivity index (χ2n) is 8.14. The van der Waals surface area contributed by atoms with Crippen LogP contribution in [0.25, 0.3) is 17.5 Å². The lowest BCUT2D eigenvalue weighted by molar-refractivity contribution is -0.137. The number of carbonyl (C=O) groups excluding carboxylic acids is 2. The first-order valence-electron chi connectivity index (χ1n) is 11.3. The molecule has 0 spiro atoms. The van der Waals surface area contributed by atoms with Crippen molar-refractivity contribution in [1.29, 1.82) is 0 Å². The second kappa shape index (κ2) is 11.7. The van der Waals surface area contributed by atoms with Crippen LogP contribution in [-0.2, 0) is 9.53 Å². The number of aryl methyl sites for hydroxylation is 4. The van der Waals surface area contributed by atoms with E-state index in [1.165, 1.54) is 6.08 Å². The summed E-state index contributed by atoms with van der Waals surface area (Å²) in [7, 11) is 0. The number of aromatic nitrogens is 4. The lowest BCUT2D eigenvalue weighted by Crippen LogP contribution is -1.98. The van der Waals surface area contributed by atoms with Gasteiger partial charge in [0, 0.05) is 35.4 Å². The minimum atomic E-state index is -0.320. The molecule has 0 fully saturated rings. The number of rotatable bonds is 6. The van der Waals surface area contributed by atoms with Crippen LogP contribution in [0.5, 0.6) is 0 Å². The third kappa shape index (κ3) is 6.86. The highest BCUT2D eigenvalue weighted by atomic mass is 16.5. The van der Waals surface area contributed by atoms with Gasteiger partial charge in [-0.2, -0.15) is 0 Å². The summed E-state index contributed by atoms with van der Waals surface area (Å²) < 4.78 is 8.80. The summed E-state index contributed by atoms with van der Waals surface area (Å²) in [4.78, 5) is 30.3. The van der Waals surface area contributed by atoms with Crippen LogP contribution in [-0.4, -0.2) is 38.0 Å². The molecular weight excluding hydrogens is 440 g/mol. The van der Waals surface area contributed by atoms with E-state index in [2.05, 4.69) is 9.97 Å². The lowest BCUT2D eigenvalue weighted by atomic mass is 10.1. The first-order chi connectivity index (χ1) is 16.8. The molecule has 180 valence electrons. The number of hydrogen-bond acceptors (Lipinski definition) is 5. The molecule has 0 bridgehead atoms. The number of ether oxygens (including phenoxy) is 1. The van der Waals surface area contributed by atoms with Gasteiger partial charge in [0.2, 0.25) is 0 Å². The zero-order valence-corrected chi connectivity index (χ0v) is 20.7. The SMILES string of the molecule is CCOC(=O)/C=C/c1ccc(-n2cnc(C)c2)c(C)c1.Cc1cn(-c2ccc(C=O)cc2C)cn1. The van der Waals surface area contributed by atoms with Crippen LogP contribution in [0.4, 0.5) is 0 Å². The number of nitrogens with zero attached hydrogens (tertiary/aromatic N) is 4. The molecule has 2 aromatic heterocycles. The van der Waals surface area contributed by atoms with Crippen LogP contribution in [0.2, 0.25) is 0 Å². The minimum Gasteiger partial charge on any atom is -0.463 e. The Morgan fingerprint density at radius 3 is 1.80 bits per heavy atom. The molecule has 0 aliphatic heterocycles. The van der Waals surface area contributed by atoms with Crippen molar-refractivity contribution >= 4 is 18.3 Å². The number of esters is 1. The van der Waals surface area contributed by atoms with Gasteiger partial charge < -0.3 is 13.9 Å². The fourth-order valence-electron chi connectivity index (χ4n) is 3.57. The van der Waals surface area contributed by atoms with Crippen LogP contribution < -0.4 is 0 Å². The molecule has 0 aliphatic rings. The molecule has 0 unspecified atom stereocenters. The molecule has 4 rings (SSSR count). The second-order valence-corrected chi connectivity index (χ2v) is 8.14. The third-order valence-electron chi connectivity index (χ3n) is 5.26. The Balaban J connectivity index is 0.000000203. The van der Waals surface area contributed by atoms with Gasteiger partial charge in [0.05, 0.1) is 30.6 Å². The predicted octanol–water partition coefficient (Wildman–Crippen LogP) is 5.37. The van der Waals surface area contributed by atoms with Crippen molar-refractivity contribution < 1.29 is 14.3 Å². The highest BCUT2D eigenvalue weighted by Gasteiger charge is 2.04.